The molecule has 1 aromatic carbocycles. The SMILES string of the molecule is CCNC(=NCCCc1ccccc1Cl)N1CCC(Cc2cnn(C)c2)C1. The van der Waals surface area contributed by atoms with Crippen LogP contribution in [0.5, 0.6) is 0 Å². The first-order valence-electron chi connectivity index (χ1n) is 9.90. The molecule has 1 aromatic heterocycles. The fourth-order valence-corrected chi connectivity index (χ4v) is 3.91. The molecule has 1 aliphatic heterocycles. The third kappa shape index (κ3) is 5.73. The summed E-state index contributed by atoms with van der Waals surface area (Å²) in [6.45, 7) is 5.97. The maximum Gasteiger partial charge on any atom is 0.193 e. The average Bonchev–Trinajstić information content (AvgIpc) is 3.28. The Morgan fingerprint density at radius 2 is 2.22 bits per heavy atom. The van der Waals surface area contributed by atoms with Gasteiger partial charge in [-0.1, -0.05) is 29.8 Å². The van der Waals surface area contributed by atoms with E-state index in [4.69, 9.17) is 16.6 Å². The van der Waals surface area contributed by atoms with Crippen LogP contribution >= 0.6 is 11.6 Å². The quantitative estimate of drug-likeness (QED) is 0.449. The molecule has 0 bridgehead atoms. The maximum absolute atomic E-state index is 6.24. The van der Waals surface area contributed by atoms with E-state index in [0.717, 1.165) is 56.4 Å². The van der Waals surface area contributed by atoms with Crippen LogP contribution in [0.1, 0.15) is 30.9 Å². The van der Waals surface area contributed by atoms with Gasteiger partial charge in [0.25, 0.3) is 0 Å². The lowest BCUT2D eigenvalue weighted by atomic mass is 10.0. The summed E-state index contributed by atoms with van der Waals surface area (Å²) in [5, 5.41) is 8.59. The Hall–Kier alpha value is -2.01. The molecule has 0 aliphatic carbocycles. The summed E-state index contributed by atoms with van der Waals surface area (Å²) in [5.74, 6) is 1.71. The number of hydrogen-bond acceptors (Lipinski definition) is 2. The molecule has 1 saturated heterocycles. The number of aryl methyl sites for hydroxylation is 2. The predicted octanol–water partition coefficient (Wildman–Crippen LogP) is 3.54. The Labute approximate surface area is 167 Å². The highest BCUT2D eigenvalue weighted by molar-refractivity contribution is 6.31. The summed E-state index contributed by atoms with van der Waals surface area (Å²) < 4.78 is 1.88. The van der Waals surface area contributed by atoms with Gasteiger partial charge < -0.3 is 10.2 Å². The van der Waals surface area contributed by atoms with Gasteiger partial charge in [-0.3, -0.25) is 9.67 Å². The maximum atomic E-state index is 6.24. The summed E-state index contributed by atoms with van der Waals surface area (Å²) in [4.78, 5) is 7.26. The molecule has 2 aromatic rings. The molecule has 2 heterocycles. The summed E-state index contributed by atoms with van der Waals surface area (Å²) in [7, 11) is 1.98. The Bertz CT molecular complexity index is 755. The molecule has 1 unspecified atom stereocenters. The van der Waals surface area contributed by atoms with Crippen LogP contribution < -0.4 is 5.32 Å². The van der Waals surface area contributed by atoms with Gasteiger partial charge >= 0.3 is 0 Å². The van der Waals surface area contributed by atoms with Gasteiger partial charge in [0.2, 0.25) is 0 Å². The summed E-state index contributed by atoms with van der Waals surface area (Å²) in [6, 6.07) is 8.07. The summed E-state index contributed by atoms with van der Waals surface area (Å²) in [6.07, 6.45) is 8.38. The highest BCUT2D eigenvalue weighted by atomic mass is 35.5. The minimum Gasteiger partial charge on any atom is -0.357 e. The molecule has 1 atom stereocenters. The van der Waals surface area contributed by atoms with Crippen molar-refractivity contribution in [3.8, 4) is 0 Å². The van der Waals surface area contributed by atoms with Gasteiger partial charge in [0.05, 0.1) is 6.20 Å². The lowest BCUT2D eigenvalue weighted by molar-refractivity contribution is 0.459. The molecule has 1 N–H and O–H groups in total. The predicted molar refractivity (Wildman–Crippen MR) is 112 cm³/mol. The van der Waals surface area contributed by atoms with Crippen LogP contribution in [0, 0.1) is 5.92 Å². The van der Waals surface area contributed by atoms with Gasteiger partial charge in [0.1, 0.15) is 0 Å². The first kappa shape index (κ1) is 19.7. The molecule has 1 aliphatic rings. The molecule has 0 saturated carbocycles. The molecule has 0 amide bonds. The van der Waals surface area contributed by atoms with Gasteiger partial charge in [-0.15, -0.1) is 0 Å². The zero-order valence-corrected chi connectivity index (χ0v) is 17.1. The number of likely N-dealkylation sites (tertiary alicyclic amines) is 1. The van der Waals surface area contributed by atoms with E-state index in [2.05, 4.69) is 34.5 Å². The van der Waals surface area contributed by atoms with Gasteiger partial charge in [-0.2, -0.15) is 5.10 Å². The van der Waals surface area contributed by atoms with Crippen molar-refractivity contribution in [2.24, 2.45) is 18.0 Å². The van der Waals surface area contributed by atoms with Crippen LogP contribution in [0.2, 0.25) is 5.02 Å². The Morgan fingerprint density at radius 3 is 2.96 bits per heavy atom. The molecule has 3 rings (SSSR count). The van der Waals surface area contributed by atoms with E-state index in [0.29, 0.717) is 5.92 Å². The first-order chi connectivity index (χ1) is 13.2. The van der Waals surface area contributed by atoms with E-state index in [1.165, 1.54) is 17.5 Å². The van der Waals surface area contributed by atoms with E-state index in [-0.39, 0.29) is 0 Å². The average molecular weight is 388 g/mol. The Morgan fingerprint density at radius 1 is 1.37 bits per heavy atom. The number of halogens is 1. The highest BCUT2D eigenvalue weighted by Crippen LogP contribution is 2.21. The number of nitrogens with zero attached hydrogens (tertiary/aromatic N) is 4. The number of nitrogens with one attached hydrogen (secondary N) is 1. The fraction of sp³-hybridized carbons (Fsp3) is 0.524. The summed E-state index contributed by atoms with van der Waals surface area (Å²) >= 11 is 6.24. The Kier molecular flexibility index (Phi) is 7.16. The van der Waals surface area contributed by atoms with E-state index >= 15 is 0 Å². The van der Waals surface area contributed by atoms with Crippen LogP contribution in [0.4, 0.5) is 0 Å². The van der Waals surface area contributed by atoms with E-state index < -0.39 is 0 Å². The van der Waals surface area contributed by atoms with Gasteiger partial charge in [-0.05, 0) is 55.7 Å². The van der Waals surface area contributed by atoms with Crippen molar-refractivity contribution in [1.82, 2.24) is 20.0 Å². The number of rotatable bonds is 7. The topological polar surface area (TPSA) is 45.5 Å². The summed E-state index contributed by atoms with van der Waals surface area (Å²) in [5.41, 5.74) is 2.53. The van der Waals surface area contributed by atoms with Gasteiger partial charge in [0.15, 0.2) is 5.96 Å². The van der Waals surface area contributed by atoms with Crippen LogP contribution in [0.15, 0.2) is 41.7 Å². The molecular formula is C21H30ClN5. The number of hydrogen-bond donors (Lipinski definition) is 1. The molecule has 5 nitrogen and oxygen atoms in total. The number of aliphatic imine (C=N–C) groups is 1. The standard InChI is InChI=1S/C21H30ClN5/c1-3-23-21(24-11-6-8-19-7-4-5-9-20(19)22)27-12-10-17(16-27)13-18-14-25-26(2)15-18/h4-5,7,9,14-15,17H,3,6,8,10-13,16H2,1-2H3,(H,23,24). The fourth-order valence-electron chi connectivity index (χ4n) is 3.68. The van der Waals surface area contributed by atoms with Crippen LogP contribution in [-0.4, -0.2) is 46.8 Å². The number of benzene rings is 1. The molecule has 0 radical (unpaired) electrons. The van der Waals surface area contributed by atoms with E-state index in [1.54, 1.807) is 0 Å². The monoisotopic (exact) mass is 387 g/mol. The second-order valence-electron chi connectivity index (χ2n) is 7.26. The minimum absolute atomic E-state index is 0.668. The molecule has 6 heteroatoms. The van der Waals surface area contributed by atoms with E-state index in [1.807, 2.05) is 36.1 Å². The smallest absolute Gasteiger partial charge is 0.193 e. The number of guanidine groups is 1. The highest BCUT2D eigenvalue weighted by Gasteiger charge is 2.25. The second-order valence-corrected chi connectivity index (χ2v) is 7.66. The molecule has 1 fully saturated rings. The van der Waals surface area contributed by atoms with Crippen molar-refractivity contribution < 1.29 is 0 Å². The van der Waals surface area contributed by atoms with Gasteiger partial charge in [0, 0.05) is 44.4 Å². The Balaban J connectivity index is 1.50. The van der Waals surface area contributed by atoms with Crippen molar-refractivity contribution in [2.45, 2.75) is 32.6 Å². The zero-order valence-electron chi connectivity index (χ0n) is 16.4. The largest absolute Gasteiger partial charge is 0.357 e. The van der Waals surface area contributed by atoms with Crippen LogP contribution in [-0.2, 0) is 19.9 Å². The van der Waals surface area contributed by atoms with Crippen molar-refractivity contribution in [1.29, 1.82) is 0 Å². The normalized spacial score (nSPS) is 17.5. The van der Waals surface area contributed by atoms with E-state index in [9.17, 15) is 0 Å². The molecule has 27 heavy (non-hydrogen) atoms. The lowest BCUT2D eigenvalue weighted by Crippen LogP contribution is -2.40. The number of aromatic nitrogens is 2. The van der Waals surface area contributed by atoms with Gasteiger partial charge in [-0.25, -0.2) is 0 Å². The van der Waals surface area contributed by atoms with Crippen molar-refractivity contribution in [3.05, 3.63) is 52.8 Å². The molecule has 0 spiro atoms. The van der Waals surface area contributed by atoms with Crippen molar-refractivity contribution >= 4 is 17.6 Å². The third-order valence-corrected chi connectivity index (χ3v) is 5.40. The zero-order chi connectivity index (χ0) is 19.1. The first-order valence-corrected chi connectivity index (χ1v) is 10.3. The van der Waals surface area contributed by atoms with Crippen molar-refractivity contribution in [3.63, 3.8) is 0 Å². The van der Waals surface area contributed by atoms with Crippen LogP contribution in [0.25, 0.3) is 0 Å². The third-order valence-electron chi connectivity index (χ3n) is 5.03. The molecule has 146 valence electrons. The second kappa shape index (κ2) is 9.79. The van der Waals surface area contributed by atoms with Crippen LogP contribution in [0.3, 0.4) is 0 Å². The lowest BCUT2D eigenvalue weighted by Gasteiger charge is -2.21. The van der Waals surface area contributed by atoms with Crippen molar-refractivity contribution in [2.75, 3.05) is 26.2 Å². The minimum atomic E-state index is 0.668. The molecular weight excluding hydrogens is 358 g/mol.